The van der Waals surface area contributed by atoms with Gasteiger partial charge in [-0.2, -0.15) is 0 Å². The van der Waals surface area contributed by atoms with Gasteiger partial charge in [-0.3, -0.25) is 4.79 Å². The zero-order chi connectivity index (χ0) is 13.8. The van der Waals surface area contributed by atoms with Crippen LogP contribution in [-0.2, 0) is 9.53 Å². The minimum absolute atomic E-state index is 0.00549. The highest BCUT2D eigenvalue weighted by Gasteiger charge is 2.39. The minimum atomic E-state index is -0.143. The van der Waals surface area contributed by atoms with Gasteiger partial charge in [0.05, 0.1) is 11.5 Å². The number of carbonyl (C=O) groups is 1. The standard InChI is InChI=1S/C15H24Cl2O2/c1-10(18)13-7-12(16)8-14(17)15(13)19-9-11-5-3-2-4-6-11/h11-15H,2-9H2,1H3. The average molecular weight is 307 g/mol. The van der Waals surface area contributed by atoms with Gasteiger partial charge < -0.3 is 4.74 Å². The Morgan fingerprint density at radius 1 is 1.16 bits per heavy atom. The van der Waals surface area contributed by atoms with Crippen molar-refractivity contribution in [3.63, 3.8) is 0 Å². The summed E-state index contributed by atoms with van der Waals surface area (Å²) in [6.07, 6.45) is 7.77. The number of carbonyl (C=O) groups excluding carboxylic acids is 1. The number of alkyl halides is 2. The fraction of sp³-hybridized carbons (Fsp3) is 0.933. The lowest BCUT2D eigenvalue weighted by atomic mass is 9.83. The quantitative estimate of drug-likeness (QED) is 0.729. The molecule has 0 aliphatic heterocycles. The summed E-state index contributed by atoms with van der Waals surface area (Å²) in [5, 5.41) is -0.125. The second-order valence-corrected chi connectivity index (χ2v) is 7.28. The summed E-state index contributed by atoms with van der Waals surface area (Å²) < 4.78 is 6.05. The molecule has 19 heavy (non-hydrogen) atoms. The molecule has 4 heteroatoms. The van der Waals surface area contributed by atoms with E-state index in [0.717, 1.165) is 13.0 Å². The van der Waals surface area contributed by atoms with Crippen molar-refractivity contribution in [2.24, 2.45) is 11.8 Å². The van der Waals surface area contributed by atoms with Gasteiger partial charge >= 0.3 is 0 Å². The van der Waals surface area contributed by atoms with E-state index in [4.69, 9.17) is 27.9 Å². The molecule has 2 aliphatic rings. The Morgan fingerprint density at radius 3 is 2.47 bits per heavy atom. The monoisotopic (exact) mass is 306 g/mol. The highest BCUT2D eigenvalue weighted by atomic mass is 35.5. The molecule has 0 bridgehead atoms. The molecule has 4 unspecified atom stereocenters. The van der Waals surface area contributed by atoms with Gasteiger partial charge in [-0.1, -0.05) is 19.3 Å². The molecule has 4 atom stereocenters. The molecule has 0 N–H and O–H groups in total. The molecule has 0 saturated heterocycles. The predicted molar refractivity (Wildman–Crippen MR) is 79.0 cm³/mol. The van der Waals surface area contributed by atoms with Gasteiger partial charge in [-0.05, 0) is 38.5 Å². The Balaban J connectivity index is 1.89. The maximum atomic E-state index is 11.8. The van der Waals surface area contributed by atoms with Gasteiger partial charge in [0, 0.05) is 17.9 Å². The van der Waals surface area contributed by atoms with Crippen LogP contribution in [0.25, 0.3) is 0 Å². The molecule has 0 spiro atoms. The third kappa shape index (κ3) is 4.34. The molecule has 0 amide bonds. The van der Waals surface area contributed by atoms with Gasteiger partial charge in [0.2, 0.25) is 0 Å². The molecule has 2 saturated carbocycles. The topological polar surface area (TPSA) is 26.3 Å². The molecule has 0 heterocycles. The van der Waals surface area contributed by atoms with E-state index >= 15 is 0 Å². The Hall–Kier alpha value is 0.210. The fourth-order valence-corrected chi connectivity index (χ4v) is 4.29. The molecule has 2 aliphatic carbocycles. The lowest BCUT2D eigenvalue weighted by Gasteiger charge is -2.37. The van der Waals surface area contributed by atoms with E-state index in [1.807, 2.05) is 0 Å². The number of hydrogen-bond donors (Lipinski definition) is 0. The van der Waals surface area contributed by atoms with Crippen LogP contribution in [0.4, 0.5) is 0 Å². The number of Topliss-reactive ketones (excluding diaryl/α,β-unsaturated/α-hetero) is 1. The molecule has 0 aromatic heterocycles. The van der Waals surface area contributed by atoms with Crippen LogP contribution < -0.4 is 0 Å². The van der Waals surface area contributed by atoms with E-state index in [2.05, 4.69) is 0 Å². The third-order valence-electron chi connectivity index (χ3n) is 4.51. The second kappa shape index (κ2) is 7.28. The SMILES string of the molecule is CC(=O)C1CC(Cl)CC(Cl)C1OCC1CCCCC1. The summed E-state index contributed by atoms with van der Waals surface area (Å²) in [5.74, 6) is 0.686. The van der Waals surface area contributed by atoms with Gasteiger partial charge in [-0.25, -0.2) is 0 Å². The van der Waals surface area contributed by atoms with Gasteiger partial charge in [0.1, 0.15) is 5.78 Å². The van der Waals surface area contributed by atoms with Crippen molar-refractivity contribution in [1.82, 2.24) is 0 Å². The molecular formula is C15H24Cl2O2. The van der Waals surface area contributed by atoms with Crippen LogP contribution in [0.3, 0.4) is 0 Å². The number of halogens is 2. The largest absolute Gasteiger partial charge is 0.376 e. The zero-order valence-corrected chi connectivity index (χ0v) is 13.1. The van der Waals surface area contributed by atoms with E-state index in [-0.39, 0.29) is 28.6 Å². The average Bonchev–Trinajstić information content (AvgIpc) is 2.38. The molecule has 0 aromatic carbocycles. The van der Waals surface area contributed by atoms with E-state index in [1.54, 1.807) is 6.92 Å². The van der Waals surface area contributed by atoms with Crippen molar-refractivity contribution in [1.29, 1.82) is 0 Å². The Morgan fingerprint density at radius 2 is 1.84 bits per heavy atom. The normalized spacial score (nSPS) is 37.2. The van der Waals surface area contributed by atoms with Crippen molar-refractivity contribution in [3.05, 3.63) is 0 Å². The maximum Gasteiger partial charge on any atom is 0.135 e. The second-order valence-electron chi connectivity index (χ2n) is 6.10. The Labute approximate surface area is 126 Å². The van der Waals surface area contributed by atoms with Crippen molar-refractivity contribution >= 4 is 29.0 Å². The molecule has 2 nitrogen and oxygen atoms in total. The Kier molecular flexibility index (Phi) is 5.98. The number of hydrogen-bond acceptors (Lipinski definition) is 2. The van der Waals surface area contributed by atoms with Crippen LogP contribution in [0.2, 0.25) is 0 Å². The zero-order valence-electron chi connectivity index (χ0n) is 11.6. The maximum absolute atomic E-state index is 11.8. The van der Waals surface area contributed by atoms with Crippen molar-refractivity contribution < 1.29 is 9.53 Å². The summed E-state index contributed by atoms with van der Waals surface area (Å²) in [7, 11) is 0. The van der Waals surface area contributed by atoms with Gasteiger partial charge in [0.25, 0.3) is 0 Å². The van der Waals surface area contributed by atoms with Crippen LogP contribution in [0.15, 0.2) is 0 Å². The third-order valence-corrected chi connectivity index (χ3v) is 5.30. The molecule has 0 aromatic rings. The van der Waals surface area contributed by atoms with Crippen LogP contribution in [0.1, 0.15) is 51.9 Å². The van der Waals surface area contributed by atoms with Gasteiger partial charge in [-0.15, -0.1) is 23.2 Å². The van der Waals surface area contributed by atoms with E-state index < -0.39 is 0 Å². The highest BCUT2D eigenvalue weighted by molar-refractivity contribution is 6.24. The van der Waals surface area contributed by atoms with E-state index in [0.29, 0.717) is 12.3 Å². The highest BCUT2D eigenvalue weighted by Crippen LogP contribution is 2.35. The van der Waals surface area contributed by atoms with Crippen molar-refractivity contribution in [2.75, 3.05) is 6.61 Å². The molecule has 2 rings (SSSR count). The summed E-state index contributed by atoms with van der Waals surface area (Å²) in [6.45, 7) is 2.38. The summed E-state index contributed by atoms with van der Waals surface area (Å²) in [4.78, 5) is 11.8. The number of ether oxygens (including phenoxy) is 1. The van der Waals surface area contributed by atoms with Crippen LogP contribution in [-0.4, -0.2) is 29.2 Å². The predicted octanol–water partition coefficient (Wildman–Crippen LogP) is 4.17. The first-order valence-corrected chi connectivity index (χ1v) is 8.35. The first kappa shape index (κ1) is 15.6. The number of rotatable bonds is 4. The molecular weight excluding hydrogens is 283 g/mol. The first-order valence-electron chi connectivity index (χ1n) is 7.48. The summed E-state index contributed by atoms with van der Waals surface area (Å²) >= 11 is 12.5. The van der Waals surface area contributed by atoms with Gasteiger partial charge in [0.15, 0.2) is 0 Å². The van der Waals surface area contributed by atoms with Crippen LogP contribution in [0.5, 0.6) is 0 Å². The smallest absolute Gasteiger partial charge is 0.135 e. The lowest BCUT2D eigenvalue weighted by molar-refractivity contribution is -0.128. The number of ketones is 1. The summed E-state index contributed by atoms with van der Waals surface area (Å²) in [5.41, 5.74) is 0. The fourth-order valence-electron chi connectivity index (χ4n) is 3.36. The van der Waals surface area contributed by atoms with Crippen molar-refractivity contribution in [3.8, 4) is 0 Å². The first-order chi connectivity index (χ1) is 9.08. The van der Waals surface area contributed by atoms with E-state index in [1.165, 1.54) is 32.1 Å². The summed E-state index contributed by atoms with van der Waals surface area (Å²) in [6, 6.07) is 0. The molecule has 2 fully saturated rings. The van der Waals surface area contributed by atoms with Crippen LogP contribution >= 0.6 is 23.2 Å². The molecule has 110 valence electrons. The molecule has 0 radical (unpaired) electrons. The Bertz CT molecular complexity index is 303. The lowest BCUT2D eigenvalue weighted by Crippen LogP contribution is -2.44. The van der Waals surface area contributed by atoms with E-state index in [9.17, 15) is 4.79 Å². The minimum Gasteiger partial charge on any atom is -0.376 e. The van der Waals surface area contributed by atoms with Crippen molar-refractivity contribution in [2.45, 2.75) is 68.7 Å². The van der Waals surface area contributed by atoms with Crippen LogP contribution in [0, 0.1) is 11.8 Å².